The predicted molar refractivity (Wildman–Crippen MR) is 134 cm³/mol. The zero-order valence-electron chi connectivity index (χ0n) is 17.7. The number of anilines is 2. The lowest BCUT2D eigenvalue weighted by Gasteiger charge is -2.29. The molecule has 5 rings (SSSR count). The highest BCUT2D eigenvalue weighted by atomic mass is 32.1. The SMILES string of the molecule is C/C=C/c1sc(-c2ccc3c(c2)N(C(=O)Nc2nc4ccccc4s2)CCC3)nc1C(=O)O. The molecule has 0 fully saturated rings. The van der Waals surface area contributed by atoms with Crippen LogP contribution in [0, 0.1) is 0 Å². The molecule has 166 valence electrons. The van der Waals surface area contributed by atoms with Gasteiger partial charge in [-0.15, -0.1) is 11.3 Å². The summed E-state index contributed by atoms with van der Waals surface area (Å²) >= 11 is 2.77. The highest BCUT2D eigenvalue weighted by Gasteiger charge is 2.25. The summed E-state index contributed by atoms with van der Waals surface area (Å²) < 4.78 is 1.02. The number of carboxylic acid groups (broad SMARTS) is 1. The Bertz CT molecular complexity index is 1370. The van der Waals surface area contributed by atoms with Crippen LogP contribution in [0.5, 0.6) is 0 Å². The number of aryl methyl sites for hydroxylation is 1. The maximum atomic E-state index is 13.2. The van der Waals surface area contributed by atoms with E-state index < -0.39 is 5.97 Å². The van der Waals surface area contributed by atoms with Crippen molar-refractivity contribution in [3.05, 3.63) is 64.7 Å². The maximum absolute atomic E-state index is 13.2. The van der Waals surface area contributed by atoms with Gasteiger partial charge < -0.3 is 5.11 Å². The van der Waals surface area contributed by atoms with Crippen molar-refractivity contribution in [3.63, 3.8) is 0 Å². The minimum atomic E-state index is -1.06. The number of fused-ring (bicyclic) bond motifs is 2. The van der Waals surface area contributed by atoms with Gasteiger partial charge in [0, 0.05) is 17.8 Å². The van der Waals surface area contributed by atoms with E-state index in [1.165, 1.54) is 22.7 Å². The number of hydrogen-bond donors (Lipinski definition) is 2. The van der Waals surface area contributed by atoms with Crippen LogP contribution in [0.1, 0.15) is 34.3 Å². The molecular weight excluding hydrogens is 456 g/mol. The molecule has 0 saturated carbocycles. The molecule has 33 heavy (non-hydrogen) atoms. The molecule has 0 radical (unpaired) electrons. The molecule has 2 aromatic heterocycles. The standard InChI is InChI=1S/C24H20N4O3S2/c1-2-6-19-20(22(29)30)26-21(32-19)15-11-10-14-7-5-12-28(17(14)13-15)24(31)27-23-25-16-8-3-4-9-18(16)33-23/h2-4,6,8-11,13H,5,7,12H2,1H3,(H,29,30)(H,25,27,31)/b6-2+. The van der Waals surface area contributed by atoms with E-state index in [4.69, 9.17) is 0 Å². The summed E-state index contributed by atoms with van der Waals surface area (Å²) in [6.07, 6.45) is 5.29. The molecule has 0 saturated heterocycles. The van der Waals surface area contributed by atoms with Crippen LogP contribution in [0.2, 0.25) is 0 Å². The molecular formula is C24H20N4O3S2. The Morgan fingerprint density at radius 1 is 1.15 bits per heavy atom. The number of carbonyl (C=O) groups excluding carboxylic acids is 1. The molecule has 7 nitrogen and oxygen atoms in total. The Balaban J connectivity index is 1.46. The van der Waals surface area contributed by atoms with Gasteiger partial charge in [0.25, 0.3) is 0 Å². The highest BCUT2D eigenvalue weighted by molar-refractivity contribution is 7.22. The summed E-state index contributed by atoms with van der Waals surface area (Å²) in [5.41, 5.74) is 3.58. The van der Waals surface area contributed by atoms with Gasteiger partial charge in [-0.3, -0.25) is 10.2 Å². The first-order valence-corrected chi connectivity index (χ1v) is 12.1. The first-order valence-electron chi connectivity index (χ1n) is 10.5. The summed E-state index contributed by atoms with van der Waals surface area (Å²) in [6.45, 7) is 2.43. The molecule has 2 amide bonds. The second kappa shape index (κ2) is 8.76. The molecule has 9 heteroatoms. The number of nitrogens with one attached hydrogen (secondary N) is 1. The van der Waals surface area contributed by atoms with Crippen molar-refractivity contribution in [3.8, 4) is 10.6 Å². The fourth-order valence-electron chi connectivity index (χ4n) is 3.88. The molecule has 3 heterocycles. The number of aromatic nitrogens is 2. The van der Waals surface area contributed by atoms with Crippen LogP contribution < -0.4 is 10.2 Å². The number of rotatable bonds is 4. The minimum absolute atomic E-state index is 0.0382. The van der Waals surface area contributed by atoms with Gasteiger partial charge in [-0.1, -0.05) is 41.7 Å². The summed E-state index contributed by atoms with van der Waals surface area (Å²) in [5.74, 6) is -1.06. The summed E-state index contributed by atoms with van der Waals surface area (Å²) in [4.78, 5) is 36.0. The third-order valence-electron chi connectivity index (χ3n) is 5.38. The van der Waals surface area contributed by atoms with Crippen LogP contribution in [0.25, 0.3) is 26.9 Å². The number of amides is 2. The van der Waals surface area contributed by atoms with E-state index in [0.717, 1.165) is 39.9 Å². The Kier molecular flexibility index (Phi) is 5.65. The van der Waals surface area contributed by atoms with Gasteiger partial charge in [-0.25, -0.2) is 19.6 Å². The smallest absolute Gasteiger partial charge is 0.356 e. The van der Waals surface area contributed by atoms with Crippen LogP contribution in [0.4, 0.5) is 15.6 Å². The fraction of sp³-hybridized carbons (Fsp3) is 0.167. The molecule has 0 atom stereocenters. The topological polar surface area (TPSA) is 95.4 Å². The van der Waals surface area contributed by atoms with Crippen molar-refractivity contribution in [2.24, 2.45) is 0 Å². The number of carbonyl (C=O) groups is 2. The molecule has 0 bridgehead atoms. The summed E-state index contributed by atoms with van der Waals surface area (Å²) in [7, 11) is 0. The van der Waals surface area contributed by atoms with E-state index in [9.17, 15) is 14.7 Å². The van der Waals surface area contributed by atoms with Crippen LogP contribution in [-0.4, -0.2) is 33.6 Å². The van der Waals surface area contributed by atoms with Crippen LogP contribution in [0.15, 0.2) is 48.5 Å². The Morgan fingerprint density at radius 3 is 2.79 bits per heavy atom. The first kappa shape index (κ1) is 21.3. The largest absolute Gasteiger partial charge is 0.476 e. The van der Waals surface area contributed by atoms with Crippen molar-refractivity contribution in [1.29, 1.82) is 0 Å². The number of allylic oxidation sites excluding steroid dienone is 1. The van der Waals surface area contributed by atoms with Crippen molar-refractivity contribution in [1.82, 2.24) is 9.97 Å². The maximum Gasteiger partial charge on any atom is 0.356 e. The van der Waals surface area contributed by atoms with Crippen LogP contribution in [0.3, 0.4) is 0 Å². The van der Waals surface area contributed by atoms with E-state index in [1.807, 2.05) is 49.4 Å². The van der Waals surface area contributed by atoms with Crippen LogP contribution >= 0.6 is 22.7 Å². The van der Waals surface area contributed by atoms with Gasteiger partial charge in [0.15, 0.2) is 10.8 Å². The average Bonchev–Trinajstić information content (AvgIpc) is 3.42. The summed E-state index contributed by atoms with van der Waals surface area (Å²) in [5, 5.41) is 13.6. The number of hydrogen-bond acceptors (Lipinski definition) is 6. The Hall–Kier alpha value is -3.56. The van der Waals surface area contributed by atoms with Crippen molar-refractivity contribution < 1.29 is 14.7 Å². The second-order valence-corrected chi connectivity index (χ2v) is 9.61. The van der Waals surface area contributed by atoms with Gasteiger partial charge in [0.2, 0.25) is 0 Å². The Labute approximate surface area is 198 Å². The predicted octanol–water partition coefficient (Wildman–Crippen LogP) is 6.14. The lowest BCUT2D eigenvalue weighted by atomic mass is 10.00. The molecule has 2 N–H and O–H groups in total. The minimum Gasteiger partial charge on any atom is -0.476 e. The molecule has 0 aliphatic carbocycles. The van der Waals surface area contributed by atoms with Gasteiger partial charge in [-0.2, -0.15) is 0 Å². The molecule has 0 spiro atoms. The number of aromatic carboxylic acids is 1. The second-order valence-electron chi connectivity index (χ2n) is 7.55. The lowest BCUT2D eigenvalue weighted by Crippen LogP contribution is -2.38. The summed E-state index contributed by atoms with van der Waals surface area (Å²) in [6, 6.07) is 13.4. The van der Waals surface area contributed by atoms with Crippen molar-refractivity contribution in [2.75, 3.05) is 16.8 Å². The Morgan fingerprint density at radius 2 is 2.00 bits per heavy atom. The van der Waals surface area contributed by atoms with Gasteiger partial charge in [0.05, 0.1) is 15.1 Å². The average molecular weight is 477 g/mol. The number of urea groups is 1. The highest BCUT2D eigenvalue weighted by Crippen LogP contribution is 2.36. The monoisotopic (exact) mass is 476 g/mol. The molecule has 4 aromatic rings. The lowest BCUT2D eigenvalue weighted by molar-refractivity contribution is 0.0691. The van der Waals surface area contributed by atoms with E-state index in [-0.39, 0.29) is 11.7 Å². The van der Waals surface area contributed by atoms with Crippen molar-refractivity contribution in [2.45, 2.75) is 19.8 Å². The number of carboxylic acids is 1. The molecule has 1 aliphatic rings. The quantitative estimate of drug-likeness (QED) is 0.369. The van der Waals surface area contributed by atoms with Gasteiger partial charge in [0.1, 0.15) is 5.01 Å². The van der Waals surface area contributed by atoms with Crippen LogP contribution in [-0.2, 0) is 6.42 Å². The van der Waals surface area contributed by atoms with E-state index in [1.54, 1.807) is 17.1 Å². The number of benzene rings is 2. The van der Waals surface area contributed by atoms with E-state index in [0.29, 0.717) is 21.6 Å². The molecule has 2 aromatic carbocycles. The van der Waals surface area contributed by atoms with Crippen molar-refractivity contribution >= 4 is 61.8 Å². The molecule has 1 aliphatic heterocycles. The van der Waals surface area contributed by atoms with E-state index in [2.05, 4.69) is 15.3 Å². The third kappa shape index (κ3) is 4.12. The number of nitrogens with zero attached hydrogens (tertiary/aromatic N) is 3. The zero-order chi connectivity index (χ0) is 22.9. The van der Waals surface area contributed by atoms with E-state index >= 15 is 0 Å². The third-order valence-corrected chi connectivity index (χ3v) is 7.40. The zero-order valence-corrected chi connectivity index (χ0v) is 19.4. The fourth-order valence-corrected chi connectivity index (χ4v) is 5.76. The first-order chi connectivity index (χ1) is 16.0. The number of thiazole rings is 2. The van der Waals surface area contributed by atoms with Gasteiger partial charge in [-0.05, 0) is 49.6 Å². The van der Waals surface area contributed by atoms with Gasteiger partial charge >= 0.3 is 12.0 Å². The molecule has 0 unspecified atom stereocenters. The number of para-hydroxylation sites is 1. The normalized spacial score (nSPS) is 13.4.